The van der Waals surface area contributed by atoms with Gasteiger partial charge in [-0.2, -0.15) is 8.42 Å². The van der Waals surface area contributed by atoms with Gasteiger partial charge in [-0.15, -0.1) is 0 Å². The molecule has 7 nitrogen and oxygen atoms in total. The number of amides is 1. The molecular weight excluding hydrogens is 466 g/mol. The van der Waals surface area contributed by atoms with Gasteiger partial charge in [-0.3, -0.25) is 9.08 Å². The number of carbonyl (C=O) groups is 1. The quantitative estimate of drug-likeness (QED) is 0.328. The smallest absolute Gasteiger partial charge is 0.414 e. The number of ether oxygens (including phenoxy) is 2. The van der Waals surface area contributed by atoms with Gasteiger partial charge in [0.25, 0.3) is 10.1 Å². The van der Waals surface area contributed by atoms with Crippen LogP contribution >= 0.6 is 0 Å². The van der Waals surface area contributed by atoms with E-state index in [2.05, 4.69) is 13.8 Å². The van der Waals surface area contributed by atoms with Gasteiger partial charge in [0.1, 0.15) is 5.60 Å². The van der Waals surface area contributed by atoms with Crippen molar-refractivity contribution in [3.8, 4) is 0 Å². The van der Waals surface area contributed by atoms with Crippen molar-refractivity contribution in [2.24, 2.45) is 16.7 Å². The van der Waals surface area contributed by atoms with E-state index in [4.69, 9.17) is 13.7 Å². The minimum atomic E-state index is -3.82. The predicted octanol–water partition coefficient (Wildman–Crippen LogP) is 5.44. The first-order chi connectivity index (χ1) is 16.2. The summed E-state index contributed by atoms with van der Waals surface area (Å²) in [4.78, 5) is 15.1. The number of nitrogens with zero attached hydrogens (tertiary/aromatic N) is 1. The Bertz CT molecular complexity index is 1100. The highest BCUT2D eigenvalue weighted by Crippen LogP contribution is 2.71. The maximum atomic E-state index is 13.2. The molecule has 35 heavy (non-hydrogen) atoms. The van der Waals surface area contributed by atoms with Gasteiger partial charge >= 0.3 is 6.09 Å². The highest BCUT2D eigenvalue weighted by Gasteiger charge is 2.61. The highest BCUT2D eigenvalue weighted by atomic mass is 32.2. The minimum Gasteiger partial charge on any atom is -0.443 e. The largest absolute Gasteiger partial charge is 0.443 e. The summed E-state index contributed by atoms with van der Waals surface area (Å²) in [7, 11) is -3.82. The molecule has 0 aromatic heterocycles. The number of fused-ring (bicyclic) bond motifs is 1. The maximum Gasteiger partial charge on any atom is 0.414 e. The SMILES string of the molecule is Cc1ccc(S(=O)(=O)OCCOCCN(C(=O)OC(C)(C)C)C2=C3C4CC(C)(C2)CC3(C)C4)cc1. The van der Waals surface area contributed by atoms with Crippen molar-refractivity contribution in [1.82, 2.24) is 4.90 Å². The van der Waals surface area contributed by atoms with Gasteiger partial charge in [-0.25, -0.2) is 4.79 Å². The van der Waals surface area contributed by atoms with Crippen molar-refractivity contribution < 1.29 is 26.9 Å². The van der Waals surface area contributed by atoms with Gasteiger partial charge in [0.15, 0.2) is 0 Å². The number of benzene rings is 1. The van der Waals surface area contributed by atoms with Crippen molar-refractivity contribution in [3.63, 3.8) is 0 Å². The summed E-state index contributed by atoms with van der Waals surface area (Å²) in [6, 6.07) is 6.53. The second-order valence-electron chi connectivity index (χ2n) is 12.0. The molecule has 3 unspecified atom stereocenters. The van der Waals surface area contributed by atoms with E-state index in [0.29, 0.717) is 12.5 Å². The summed E-state index contributed by atoms with van der Waals surface area (Å²) >= 11 is 0. The van der Waals surface area contributed by atoms with Gasteiger partial charge in [0.2, 0.25) is 0 Å². The van der Waals surface area contributed by atoms with E-state index < -0.39 is 15.7 Å². The molecule has 194 valence electrons. The molecule has 0 spiro atoms. The van der Waals surface area contributed by atoms with Gasteiger partial charge in [0, 0.05) is 5.70 Å². The summed E-state index contributed by atoms with van der Waals surface area (Å²) < 4.78 is 41.2. The predicted molar refractivity (Wildman–Crippen MR) is 133 cm³/mol. The Kier molecular flexibility index (Phi) is 6.88. The van der Waals surface area contributed by atoms with E-state index in [1.165, 1.54) is 37.0 Å². The van der Waals surface area contributed by atoms with E-state index in [1.807, 2.05) is 27.7 Å². The zero-order valence-corrected chi connectivity index (χ0v) is 22.7. The molecule has 8 heteroatoms. The lowest BCUT2D eigenvalue weighted by Crippen LogP contribution is -2.56. The van der Waals surface area contributed by atoms with Gasteiger partial charge in [0.05, 0.1) is 31.3 Å². The standard InChI is InChI=1S/C27H39NO6S/c1-19-7-9-21(10-8-19)35(30,31)33-14-13-32-12-11-28(24(29)34-25(2,3)4)22-17-26(5)15-20-16-27(6,18-26)23(20)22/h7-10,20H,11-18H2,1-6H3. The molecule has 5 aliphatic rings. The van der Waals surface area contributed by atoms with Gasteiger partial charge in [-0.05, 0) is 87.8 Å². The molecule has 6 rings (SSSR count). The number of aryl methyl sites for hydroxylation is 1. The van der Waals surface area contributed by atoms with Crippen LogP contribution in [0.2, 0.25) is 0 Å². The van der Waals surface area contributed by atoms with Crippen LogP contribution in [0.4, 0.5) is 4.79 Å². The summed E-state index contributed by atoms with van der Waals surface area (Å²) in [6.45, 7) is 12.8. The van der Waals surface area contributed by atoms with E-state index in [-0.39, 0.29) is 41.6 Å². The summed E-state index contributed by atoms with van der Waals surface area (Å²) in [5.41, 5.74) is 3.33. The molecule has 5 aliphatic carbocycles. The first kappa shape index (κ1) is 26.2. The molecule has 0 N–H and O–H groups in total. The van der Waals surface area contributed by atoms with Crippen LogP contribution < -0.4 is 0 Å². The fourth-order valence-electron chi connectivity index (χ4n) is 6.41. The fourth-order valence-corrected chi connectivity index (χ4v) is 7.31. The molecule has 1 aromatic rings. The van der Waals surface area contributed by atoms with Crippen molar-refractivity contribution >= 4 is 16.2 Å². The lowest BCUT2D eigenvalue weighted by Gasteiger charge is -2.65. The number of hydrogen-bond acceptors (Lipinski definition) is 6. The lowest BCUT2D eigenvalue weighted by molar-refractivity contribution is -0.0366. The summed E-state index contributed by atoms with van der Waals surface area (Å²) in [5, 5.41) is 0. The number of rotatable bonds is 9. The van der Waals surface area contributed by atoms with Crippen molar-refractivity contribution in [1.29, 1.82) is 0 Å². The third kappa shape index (κ3) is 5.59. The Morgan fingerprint density at radius 3 is 2.37 bits per heavy atom. The Morgan fingerprint density at radius 2 is 1.77 bits per heavy atom. The van der Waals surface area contributed by atoms with Crippen molar-refractivity contribution in [3.05, 3.63) is 41.1 Å². The van der Waals surface area contributed by atoms with E-state index in [1.54, 1.807) is 17.0 Å². The maximum absolute atomic E-state index is 13.2. The second kappa shape index (κ2) is 9.20. The van der Waals surface area contributed by atoms with Crippen molar-refractivity contribution in [2.75, 3.05) is 26.4 Å². The molecule has 3 fully saturated rings. The monoisotopic (exact) mass is 505 g/mol. The van der Waals surface area contributed by atoms with E-state index in [9.17, 15) is 13.2 Å². The van der Waals surface area contributed by atoms with Crippen LogP contribution in [0, 0.1) is 23.7 Å². The Labute approximate surface area is 209 Å². The average molecular weight is 506 g/mol. The second-order valence-corrected chi connectivity index (χ2v) is 13.6. The van der Waals surface area contributed by atoms with Crippen LogP contribution in [0.1, 0.15) is 65.9 Å². The summed E-state index contributed by atoms with van der Waals surface area (Å²) in [6.07, 6.45) is 4.12. The van der Waals surface area contributed by atoms with Crippen molar-refractivity contribution in [2.45, 2.75) is 77.7 Å². The summed E-state index contributed by atoms with van der Waals surface area (Å²) in [5.74, 6) is 0.564. The molecular formula is C27H39NO6S. The molecule has 4 bridgehead atoms. The molecule has 0 radical (unpaired) electrons. The van der Waals surface area contributed by atoms with Crippen LogP contribution in [-0.4, -0.2) is 51.4 Å². The first-order valence-electron chi connectivity index (χ1n) is 12.5. The number of hydrogen-bond donors (Lipinski definition) is 0. The van der Waals surface area contributed by atoms with Crippen LogP contribution in [0.3, 0.4) is 0 Å². The zero-order chi connectivity index (χ0) is 25.6. The average Bonchev–Trinajstić information content (AvgIpc) is 2.70. The minimum absolute atomic E-state index is 0.0885. The Balaban J connectivity index is 1.36. The number of carbonyl (C=O) groups excluding carboxylic acids is 1. The normalized spacial score (nSPS) is 27.5. The molecule has 3 atom stereocenters. The third-order valence-electron chi connectivity index (χ3n) is 7.39. The third-order valence-corrected chi connectivity index (χ3v) is 8.72. The Hall–Kier alpha value is -1.90. The molecule has 1 amide bonds. The van der Waals surface area contributed by atoms with Crippen LogP contribution in [0.25, 0.3) is 0 Å². The first-order valence-corrected chi connectivity index (χ1v) is 13.9. The van der Waals surface area contributed by atoms with E-state index >= 15 is 0 Å². The van der Waals surface area contributed by atoms with E-state index in [0.717, 1.165) is 17.7 Å². The highest BCUT2D eigenvalue weighted by molar-refractivity contribution is 7.86. The molecule has 0 saturated heterocycles. The zero-order valence-electron chi connectivity index (χ0n) is 21.8. The molecule has 1 aromatic carbocycles. The number of allylic oxidation sites excluding steroid dienone is 2. The van der Waals surface area contributed by atoms with Crippen LogP contribution in [-0.2, 0) is 23.8 Å². The van der Waals surface area contributed by atoms with Gasteiger partial charge < -0.3 is 9.47 Å². The molecule has 0 aliphatic heterocycles. The Morgan fingerprint density at radius 1 is 1.09 bits per heavy atom. The van der Waals surface area contributed by atoms with Crippen LogP contribution in [0.15, 0.2) is 40.4 Å². The van der Waals surface area contributed by atoms with Crippen LogP contribution in [0.5, 0.6) is 0 Å². The molecule has 0 heterocycles. The fraction of sp³-hybridized carbons (Fsp3) is 0.667. The van der Waals surface area contributed by atoms with Gasteiger partial charge in [-0.1, -0.05) is 31.5 Å². The lowest BCUT2D eigenvalue weighted by atomic mass is 9.41. The topological polar surface area (TPSA) is 82.1 Å². The molecule has 3 saturated carbocycles.